The van der Waals surface area contributed by atoms with Gasteiger partial charge in [0.15, 0.2) is 0 Å². The number of rotatable bonds is 4. The van der Waals surface area contributed by atoms with Crippen molar-refractivity contribution >= 4 is 17.7 Å². The second kappa shape index (κ2) is 5.21. The van der Waals surface area contributed by atoms with E-state index in [9.17, 15) is 4.79 Å². The summed E-state index contributed by atoms with van der Waals surface area (Å²) in [7, 11) is 1.84. The third-order valence-corrected chi connectivity index (χ3v) is 4.88. The first kappa shape index (κ1) is 13.1. The van der Waals surface area contributed by atoms with Crippen LogP contribution >= 0.6 is 11.8 Å². The third-order valence-electron chi connectivity index (χ3n) is 3.94. The molecule has 1 amide bonds. The van der Waals surface area contributed by atoms with Gasteiger partial charge in [-0.05, 0) is 24.5 Å². The number of hydrogen-bond acceptors (Lipinski definition) is 4. The van der Waals surface area contributed by atoms with Gasteiger partial charge in [0.1, 0.15) is 11.5 Å². The van der Waals surface area contributed by atoms with E-state index in [1.54, 1.807) is 16.7 Å². The maximum absolute atomic E-state index is 12.2. The van der Waals surface area contributed by atoms with Gasteiger partial charge in [-0.2, -0.15) is 0 Å². The molecular weight excluding hydrogens is 260 g/mol. The van der Waals surface area contributed by atoms with Gasteiger partial charge < -0.3 is 9.32 Å². The fraction of sp³-hybridized carbons (Fsp3) is 0.643. The van der Waals surface area contributed by atoms with Crippen LogP contribution in [-0.4, -0.2) is 35.5 Å². The second-order valence-corrected chi connectivity index (χ2v) is 6.62. The first-order valence-electron chi connectivity index (χ1n) is 6.80. The average Bonchev–Trinajstić information content (AvgIpc) is 2.88. The normalized spacial score (nSPS) is 29.5. The van der Waals surface area contributed by atoms with Crippen molar-refractivity contribution in [2.24, 2.45) is 5.92 Å². The molecule has 104 valence electrons. The Kier molecular flexibility index (Phi) is 3.58. The van der Waals surface area contributed by atoms with E-state index in [0.29, 0.717) is 12.5 Å². The van der Waals surface area contributed by atoms with E-state index in [1.807, 2.05) is 13.1 Å². The number of likely N-dealkylation sites (N-methyl/N-ethyl adjacent to an activating group) is 1. The van der Waals surface area contributed by atoms with Crippen molar-refractivity contribution in [3.63, 3.8) is 0 Å². The predicted octanol–water partition coefficient (Wildman–Crippen LogP) is 2.02. The summed E-state index contributed by atoms with van der Waals surface area (Å²) in [5, 5.41) is 3.20. The van der Waals surface area contributed by atoms with Crippen molar-refractivity contribution in [3.05, 3.63) is 23.7 Å². The Labute approximate surface area is 117 Å². The minimum atomic E-state index is -0.0344. The van der Waals surface area contributed by atoms with Crippen LogP contribution < -0.4 is 5.32 Å². The van der Waals surface area contributed by atoms with Crippen LogP contribution in [0.25, 0.3) is 0 Å². The molecule has 0 bridgehead atoms. The number of carbonyl (C=O) groups excluding carboxylic acids is 1. The van der Waals surface area contributed by atoms with Gasteiger partial charge in [0.25, 0.3) is 0 Å². The van der Waals surface area contributed by atoms with Gasteiger partial charge in [-0.25, -0.2) is 0 Å². The summed E-state index contributed by atoms with van der Waals surface area (Å²) in [5.41, 5.74) is 0. The van der Waals surface area contributed by atoms with Crippen LogP contribution in [0.5, 0.6) is 0 Å². The molecule has 1 aromatic rings. The topological polar surface area (TPSA) is 45.5 Å². The molecule has 5 heteroatoms. The number of hydrogen-bond donors (Lipinski definition) is 1. The van der Waals surface area contributed by atoms with Crippen molar-refractivity contribution in [1.29, 1.82) is 0 Å². The van der Waals surface area contributed by atoms with Crippen LogP contribution in [0, 0.1) is 5.92 Å². The second-order valence-electron chi connectivity index (χ2n) is 5.59. The number of thioether (sulfide) groups is 1. The molecule has 1 saturated heterocycles. The highest BCUT2D eigenvalue weighted by Gasteiger charge is 2.36. The third kappa shape index (κ3) is 2.82. The molecule has 2 fully saturated rings. The highest BCUT2D eigenvalue weighted by molar-refractivity contribution is 7.99. The summed E-state index contributed by atoms with van der Waals surface area (Å²) in [6.45, 7) is 2.80. The van der Waals surface area contributed by atoms with Gasteiger partial charge in [0, 0.05) is 24.6 Å². The summed E-state index contributed by atoms with van der Waals surface area (Å²) >= 11 is 1.77. The lowest BCUT2D eigenvalue weighted by atomic mass is 10.2. The summed E-state index contributed by atoms with van der Waals surface area (Å²) in [6, 6.07) is 4.03. The Morgan fingerprint density at radius 3 is 3.00 bits per heavy atom. The van der Waals surface area contributed by atoms with Crippen LogP contribution in [0.1, 0.15) is 30.8 Å². The lowest BCUT2D eigenvalue weighted by molar-refractivity contribution is -0.132. The minimum absolute atomic E-state index is 0.0344. The molecule has 19 heavy (non-hydrogen) atoms. The van der Waals surface area contributed by atoms with E-state index >= 15 is 0 Å². The minimum Gasteiger partial charge on any atom is -0.464 e. The van der Waals surface area contributed by atoms with Crippen molar-refractivity contribution in [3.8, 4) is 0 Å². The number of carbonyl (C=O) groups is 1. The van der Waals surface area contributed by atoms with E-state index in [4.69, 9.17) is 4.42 Å². The zero-order valence-electron chi connectivity index (χ0n) is 11.4. The van der Waals surface area contributed by atoms with Crippen molar-refractivity contribution in [1.82, 2.24) is 10.2 Å². The van der Waals surface area contributed by atoms with Crippen LogP contribution in [0.3, 0.4) is 0 Å². The van der Waals surface area contributed by atoms with Crippen LogP contribution in [-0.2, 0) is 11.3 Å². The number of nitrogens with one attached hydrogen (secondary N) is 1. The summed E-state index contributed by atoms with van der Waals surface area (Å²) in [4.78, 5) is 13.9. The Morgan fingerprint density at radius 1 is 1.58 bits per heavy atom. The molecule has 0 radical (unpaired) electrons. The molecule has 1 aromatic heterocycles. The van der Waals surface area contributed by atoms with Crippen molar-refractivity contribution in [2.45, 2.75) is 31.8 Å². The molecule has 2 aliphatic rings. The smallest absolute Gasteiger partial charge is 0.240 e. The predicted molar refractivity (Wildman–Crippen MR) is 76.0 cm³/mol. The van der Waals surface area contributed by atoms with Crippen molar-refractivity contribution in [2.75, 3.05) is 18.7 Å². The molecule has 1 N–H and O–H groups in total. The summed E-state index contributed by atoms with van der Waals surface area (Å²) in [5.74, 6) is 5.21. The lowest BCUT2D eigenvalue weighted by Gasteiger charge is -2.19. The molecule has 2 heterocycles. The molecule has 3 atom stereocenters. The molecular formula is C14H20N2O2S. The standard InChI is InChI=1S/C14H20N2O2S/c1-9-5-11(9)13-4-3-10(18-13)6-16(2)14(17)12-7-19-8-15-12/h3-4,9,11-12,15H,5-8H2,1-2H3. The Hall–Kier alpha value is -0.940. The van der Waals surface area contributed by atoms with Crippen LogP contribution in [0.4, 0.5) is 0 Å². The molecule has 4 nitrogen and oxygen atoms in total. The van der Waals surface area contributed by atoms with Gasteiger partial charge in [0.2, 0.25) is 5.91 Å². The maximum Gasteiger partial charge on any atom is 0.240 e. The fourth-order valence-electron chi connectivity index (χ4n) is 2.53. The Balaban J connectivity index is 1.57. The SMILES string of the molecule is CC1CC1c1ccc(CN(C)C(=O)C2CSCN2)o1. The zero-order chi connectivity index (χ0) is 13.4. The number of furan rings is 1. The highest BCUT2D eigenvalue weighted by atomic mass is 32.2. The van der Waals surface area contributed by atoms with Gasteiger partial charge in [-0.1, -0.05) is 6.92 Å². The monoisotopic (exact) mass is 280 g/mol. The van der Waals surface area contributed by atoms with Crippen LogP contribution in [0.15, 0.2) is 16.5 Å². The molecule has 0 aromatic carbocycles. The number of nitrogens with zero attached hydrogens (tertiary/aromatic N) is 1. The van der Waals surface area contributed by atoms with E-state index < -0.39 is 0 Å². The van der Waals surface area contributed by atoms with Crippen molar-refractivity contribution < 1.29 is 9.21 Å². The first-order chi connectivity index (χ1) is 9.15. The molecule has 0 spiro atoms. The largest absolute Gasteiger partial charge is 0.464 e. The van der Waals surface area contributed by atoms with Gasteiger partial charge in [-0.3, -0.25) is 10.1 Å². The van der Waals surface area contributed by atoms with Gasteiger partial charge >= 0.3 is 0 Å². The maximum atomic E-state index is 12.2. The highest BCUT2D eigenvalue weighted by Crippen LogP contribution is 2.47. The van der Waals surface area contributed by atoms with E-state index in [-0.39, 0.29) is 11.9 Å². The summed E-state index contributed by atoms with van der Waals surface area (Å²) in [6.07, 6.45) is 1.23. The Bertz CT molecular complexity index is 468. The first-order valence-corrected chi connectivity index (χ1v) is 7.95. The molecule has 1 aliphatic heterocycles. The van der Waals surface area contributed by atoms with E-state index in [0.717, 1.165) is 29.1 Å². The van der Waals surface area contributed by atoms with E-state index in [1.165, 1.54) is 6.42 Å². The molecule has 1 aliphatic carbocycles. The quantitative estimate of drug-likeness (QED) is 0.916. The Morgan fingerprint density at radius 2 is 2.37 bits per heavy atom. The van der Waals surface area contributed by atoms with E-state index in [2.05, 4.69) is 18.3 Å². The zero-order valence-corrected chi connectivity index (χ0v) is 12.2. The lowest BCUT2D eigenvalue weighted by Crippen LogP contribution is -2.42. The fourth-order valence-corrected chi connectivity index (χ4v) is 3.46. The molecule has 1 saturated carbocycles. The number of amides is 1. The van der Waals surface area contributed by atoms with Gasteiger partial charge in [0.05, 0.1) is 12.6 Å². The van der Waals surface area contributed by atoms with Gasteiger partial charge in [-0.15, -0.1) is 11.8 Å². The summed E-state index contributed by atoms with van der Waals surface area (Å²) < 4.78 is 5.84. The van der Waals surface area contributed by atoms with Crippen LogP contribution in [0.2, 0.25) is 0 Å². The molecule has 3 rings (SSSR count). The average molecular weight is 280 g/mol. The molecule has 3 unspecified atom stereocenters.